The van der Waals surface area contributed by atoms with Crippen molar-refractivity contribution in [1.29, 1.82) is 0 Å². The van der Waals surface area contributed by atoms with Crippen molar-refractivity contribution in [2.45, 2.75) is 18.9 Å². The molecule has 1 fully saturated rings. The standard InChI is InChI=1S/C13H17FN2O2/c1-13(18)8-16(9-13)6-5-12(17)15-11-4-2-3-10(14)7-11/h2-4,7,18H,5-6,8-9H2,1H3,(H,15,17). The van der Waals surface area contributed by atoms with Crippen LogP contribution in [-0.2, 0) is 4.79 Å². The number of hydrogen-bond acceptors (Lipinski definition) is 3. The van der Waals surface area contributed by atoms with Gasteiger partial charge in [0, 0.05) is 31.7 Å². The van der Waals surface area contributed by atoms with Gasteiger partial charge in [0.25, 0.3) is 0 Å². The third-order valence-electron chi connectivity index (χ3n) is 2.89. The molecule has 2 rings (SSSR count). The Morgan fingerprint density at radius 2 is 2.28 bits per heavy atom. The monoisotopic (exact) mass is 252 g/mol. The first-order valence-electron chi connectivity index (χ1n) is 5.95. The summed E-state index contributed by atoms with van der Waals surface area (Å²) in [4.78, 5) is 13.6. The van der Waals surface area contributed by atoms with Crippen molar-refractivity contribution in [1.82, 2.24) is 4.90 Å². The summed E-state index contributed by atoms with van der Waals surface area (Å²) in [6.07, 6.45) is 0.340. The van der Waals surface area contributed by atoms with Gasteiger partial charge in [-0.15, -0.1) is 0 Å². The summed E-state index contributed by atoms with van der Waals surface area (Å²) in [5.41, 5.74) is -0.144. The Hall–Kier alpha value is -1.46. The van der Waals surface area contributed by atoms with E-state index in [2.05, 4.69) is 5.32 Å². The van der Waals surface area contributed by atoms with Gasteiger partial charge in [0.05, 0.1) is 5.60 Å². The van der Waals surface area contributed by atoms with E-state index in [1.54, 1.807) is 19.1 Å². The minimum absolute atomic E-state index is 0.146. The van der Waals surface area contributed by atoms with Crippen LogP contribution in [0.4, 0.5) is 10.1 Å². The van der Waals surface area contributed by atoms with Gasteiger partial charge in [0.15, 0.2) is 0 Å². The van der Waals surface area contributed by atoms with Gasteiger partial charge in [-0.2, -0.15) is 0 Å². The van der Waals surface area contributed by atoms with E-state index >= 15 is 0 Å². The summed E-state index contributed by atoms with van der Waals surface area (Å²) >= 11 is 0. The van der Waals surface area contributed by atoms with Crippen molar-refractivity contribution in [3.8, 4) is 0 Å². The van der Waals surface area contributed by atoms with Crippen LogP contribution in [0.1, 0.15) is 13.3 Å². The number of rotatable bonds is 4. The third-order valence-corrected chi connectivity index (χ3v) is 2.89. The first-order chi connectivity index (χ1) is 8.44. The zero-order valence-corrected chi connectivity index (χ0v) is 10.3. The van der Waals surface area contributed by atoms with E-state index in [1.165, 1.54) is 12.1 Å². The summed E-state index contributed by atoms with van der Waals surface area (Å²) in [5, 5.41) is 12.2. The lowest BCUT2D eigenvalue weighted by atomic mass is 9.97. The van der Waals surface area contributed by atoms with Crippen LogP contribution in [0.25, 0.3) is 0 Å². The van der Waals surface area contributed by atoms with Gasteiger partial charge < -0.3 is 10.4 Å². The molecule has 0 aliphatic carbocycles. The minimum Gasteiger partial charge on any atom is -0.388 e. The molecule has 98 valence electrons. The van der Waals surface area contributed by atoms with Crippen molar-refractivity contribution in [3.05, 3.63) is 30.1 Å². The molecule has 1 aromatic rings. The number of nitrogens with zero attached hydrogens (tertiary/aromatic N) is 1. The van der Waals surface area contributed by atoms with Gasteiger partial charge in [0.1, 0.15) is 5.82 Å². The number of hydrogen-bond donors (Lipinski definition) is 2. The fourth-order valence-electron chi connectivity index (χ4n) is 2.12. The van der Waals surface area contributed by atoms with E-state index < -0.39 is 5.60 Å². The number of halogens is 1. The molecule has 0 saturated carbocycles. The van der Waals surface area contributed by atoms with Gasteiger partial charge >= 0.3 is 0 Å². The average Bonchev–Trinajstić information content (AvgIpc) is 2.23. The second-order valence-electron chi connectivity index (χ2n) is 5.02. The zero-order chi connectivity index (χ0) is 13.2. The molecule has 1 aromatic carbocycles. The van der Waals surface area contributed by atoms with Crippen molar-refractivity contribution in [2.24, 2.45) is 0 Å². The van der Waals surface area contributed by atoms with Gasteiger partial charge in [0.2, 0.25) is 5.91 Å². The summed E-state index contributed by atoms with van der Waals surface area (Å²) < 4.78 is 12.9. The van der Waals surface area contributed by atoms with Crippen LogP contribution in [0.5, 0.6) is 0 Å². The average molecular weight is 252 g/mol. The Balaban J connectivity index is 1.73. The smallest absolute Gasteiger partial charge is 0.225 e. The van der Waals surface area contributed by atoms with Crippen LogP contribution >= 0.6 is 0 Å². The van der Waals surface area contributed by atoms with Crippen molar-refractivity contribution in [2.75, 3.05) is 25.0 Å². The number of carbonyl (C=O) groups is 1. The molecule has 5 heteroatoms. The third kappa shape index (κ3) is 3.51. The Labute approximate surface area is 105 Å². The number of likely N-dealkylation sites (tertiary alicyclic amines) is 1. The molecule has 0 atom stereocenters. The van der Waals surface area contributed by atoms with Gasteiger partial charge in [-0.05, 0) is 25.1 Å². The molecule has 0 bridgehead atoms. The highest BCUT2D eigenvalue weighted by atomic mass is 19.1. The summed E-state index contributed by atoms with van der Waals surface area (Å²) in [7, 11) is 0. The number of carbonyl (C=O) groups excluding carboxylic acids is 1. The van der Waals surface area contributed by atoms with Gasteiger partial charge in [-0.3, -0.25) is 9.69 Å². The SMILES string of the molecule is CC1(O)CN(CCC(=O)Nc2cccc(F)c2)C1. The largest absolute Gasteiger partial charge is 0.388 e. The molecular formula is C13H17FN2O2. The second kappa shape index (κ2) is 5.04. The van der Waals surface area contributed by atoms with E-state index in [-0.39, 0.29) is 11.7 Å². The normalized spacial score (nSPS) is 18.2. The molecule has 1 heterocycles. The first-order valence-corrected chi connectivity index (χ1v) is 5.95. The van der Waals surface area contributed by atoms with E-state index in [9.17, 15) is 14.3 Å². The predicted octanol–water partition coefficient (Wildman–Crippen LogP) is 1.22. The topological polar surface area (TPSA) is 52.6 Å². The Morgan fingerprint density at radius 3 is 2.89 bits per heavy atom. The van der Waals surface area contributed by atoms with Crippen molar-refractivity contribution in [3.63, 3.8) is 0 Å². The van der Waals surface area contributed by atoms with Crippen LogP contribution in [0.15, 0.2) is 24.3 Å². The minimum atomic E-state index is -0.612. The van der Waals surface area contributed by atoms with Crippen LogP contribution in [0.3, 0.4) is 0 Å². The number of amides is 1. The molecule has 1 aliphatic heterocycles. The van der Waals surface area contributed by atoms with E-state index in [0.717, 1.165) is 0 Å². The predicted molar refractivity (Wildman–Crippen MR) is 66.7 cm³/mol. The highest BCUT2D eigenvalue weighted by Crippen LogP contribution is 2.19. The number of nitrogens with one attached hydrogen (secondary N) is 1. The first kappa shape index (κ1) is 13.0. The molecule has 0 spiro atoms. The van der Waals surface area contributed by atoms with Crippen LogP contribution < -0.4 is 5.32 Å². The Morgan fingerprint density at radius 1 is 1.56 bits per heavy atom. The summed E-state index contributed by atoms with van der Waals surface area (Å²) in [6, 6.07) is 5.82. The maximum atomic E-state index is 12.9. The molecule has 0 unspecified atom stereocenters. The number of benzene rings is 1. The zero-order valence-electron chi connectivity index (χ0n) is 10.3. The fourth-order valence-corrected chi connectivity index (χ4v) is 2.12. The molecule has 0 radical (unpaired) electrons. The van der Waals surface area contributed by atoms with E-state index in [0.29, 0.717) is 31.7 Å². The highest BCUT2D eigenvalue weighted by molar-refractivity contribution is 5.90. The molecular weight excluding hydrogens is 235 g/mol. The quantitative estimate of drug-likeness (QED) is 0.847. The van der Waals surface area contributed by atoms with E-state index in [1.807, 2.05) is 4.90 Å². The molecule has 2 N–H and O–H groups in total. The maximum absolute atomic E-state index is 12.9. The lowest BCUT2D eigenvalue weighted by Gasteiger charge is -2.44. The van der Waals surface area contributed by atoms with Gasteiger partial charge in [-0.1, -0.05) is 6.07 Å². The van der Waals surface area contributed by atoms with Crippen LogP contribution in [0, 0.1) is 5.82 Å². The molecule has 18 heavy (non-hydrogen) atoms. The molecule has 1 aliphatic rings. The van der Waals surface area contributed by atoms with Crippen LogP contribution in [0.2, 0.25) is 0 Å². The lowest BCUT2D eigenvalue weighted by molar-refractivity contribution is -0.119. The Kier molecular flexibility index (Phi) is 3.63. The number of aliphatic hydroxyl groups is 1. The fraction of sp³-hybridized carbons (Fsp3) is 0.462. The van der Waals surface area contributed by atoms with Crippen molar-refractivity contribution >= 4 is 11.6 Å². The highest BCUT2D eigenvalue weighted by Gasteiger charge is 2.35. The lowest BCUT2D eigenvalue weighted by Crippen LogP contribution is -2.60. The molecule has 1 amide bonds. The van der Waals surface area contributed by atoms with Crippen LogP contribution in [-0.4, -0.2) is 41.1 Å². The summed E-state index contributed by atoms with van der Waals surface area (Å²) in [6.45, 7) is 3.58. The number of anilines is 1. The maximum Gasteiger partial charge on any atom is 0.225 e. The molecule has 1 saturated heterocycles. The molecule has 4 nitrogen and oxygen atoms in total. The Bertz CT molecular complexity index is 440. The van der Waals surface area contributed by atoms with E-state index in [4.69, 9.17) is 0 Å². The second-order valence-corrected chi connectivity index (χ2v) is 5.02. The van der Waals surface area contributed by atoms with Crippen molar-refractivity contribution < 1.29 is 14.3 Å². The molecule has 0 aromatic heterocycles. The number of β-amino-alcohol motifs (C(OH)–C–C–N with tert-alkyl or cyclic N) is 1. The van der Waals surface area contributed by atoms with Gasteiger partial charge in [-0.25, -0.2) is 4.39 Å². The summed E-state index contributed by atoms with van der Waals surface area (Å²) in [5.74, 6) is -0.515.